The number of fused-ring (bicyclic) bond motifs is 1. The Morgan fingerprint density at radius 1 is 1.00 bits per heavy atom. The minimum atomic E-state index is -0.302. The zero-order valence-corrected chi connectivity index (χ0v) is 20.5. The third-order valence-corrected chi connectivity index (χ3v) is 6.73. The van der Waals surface area contributed by atoms with Gasteiger partial charge in [-0.25, -0.2) is 4.98 Å². The molecule has 0 radical (unpaired) electrons. The first kappa shape index (κ1) is 22.9. The molecule has 6 heteroatoms. The highest BCUT2D eigenvalue weighted by Crippen LogP contribution is 2.31. The van der Waals surface area contributed by atoms with Crippen LogP contribution in [0.2, 0.25) is 0 Å². The summed E-state index contributed by atoms with van der Waals surface area (Å²) < 4.78 is 12.7. The van der Waals surface area contributed by atoms with Crippen molar-refractivity contribution in [3.8, 4) is 16.3 Å². The van der Waals surface area contributed by atoms with Crippen LogP contribution >= 0.6 is 11.3 Å². The minimum absolute atomic E-state index is 0.243. The largest absolute Gasteiger partial charge is 0.486 e. The molecule has 1 N–H and O–H groups in total. The second-order valence-corrected chi connectivity index (χ2v) is 9.50. The molecule has 0 aliphatic rings. The number of amides is 1. The molecular weight excluding hydrogens is 456 g/mol. The molecule has 0 bridgehead atoms. The summed E-state index contributed by atoms with van der Waals surface area (Å²) >= 11 is 1.66. The van der Waals surface area contributed by atoms with Crippen LogP contribution in [0.15, 0.2) is 83.3 Å². The lowest BCUT2D eigenvalue weighted by Gasteiger charge is -2.06. The standard InChI is InChI=1S/C29H26N2O3S/c1-3-4-20-6-12-23(13-7-20)33-18-24-14-16-26(34-24)28(32)30-22-10-8-21(9-11-22)29-31-25-15-5-19(2)17-27(25)35-29/h5-17H,3-4,18H2,1-2H3,(H,30,32). The van der Waals surface area contributed by atoms with Crippen molar-refractivity contribution < 1.29 is 13.9 Å². The normalized spacial score (nSPS) is 11.0. The van der Waals surface area contributed by atoms with E-state index < -0.39 is 0 Å². The van der Waals surface area contributed by atoms with Crippen LogP contribution in [0.1, 0.15) is 40.8 Å². The number of furan rings is 1. The van der Waals surface area contributed by atoms with Gasteiger partial charge in [0.25, 0.3) is 5.91 Å². The summed E-state index contributed by atoms with van der Waals surface area (Å²) in [6.07, 6.45) is 2.17. The van der Waals surface area contributed by atoms with E-state index in [-0.39, 0.29) is 18.3 Å². The van der Waals surface area contributed by atoms with Gasteiger partial charge in [-0.2, -0.15) is 0 Å². The van der Waals surface area contributed by atoms with Gasteiger partial charge in [0.05, 0.1) is 10.2 Å². The SMILES string of the molecule is CCCc1ccc(OCc2ccc(C(=O)Nc3ccc(-c4nc5ccc(C)cc5s4)cc3)o2)cc1. The van der Waals surface area contributed by atoms with Crippen molar-refractivity contribution in [2.75, 3.05) is 5.32 Å². The van der Waals surface area contributed by atoms with Crippen molar-refractivity contribution in [1.29, 1.82) is 0 Å². The van der Waals surface area contributed by atoms with Crippen LogP contribution in [-0.2, 0) is 13.0 Å². The summed E-state index contributed by atoms with van der Waals surface area (Å²) in [5.74, 6) is 1.31. The Bertz CT molecular complexity index is 1450. The predicted octanol–water partition coefficient (Wildman–Crippen LogP) is 7.65. The summed E-state index contributed by atoms with van der Waals surface area (Å²) in [6, 6.07) is 25.4. The van der Waals surface area contributed by atoms with Crippen LogP contribution in [-0.4, -0.2) is 10.9 Å². The number of hydrogen-bond acceptors (Lipinski definition) is 5. The molecule has 176 valence electrons. The molecule has 0 aliphatic heterocycles. The van der Waals surface area contributed by atoms with E-state index in [1.165, 1.54) is 15.8 Å². The fraction of sp³-hybridized carbons (Fsp3) is 0.172. The predicted molar refractivity (Wildman–Crippen MR) is 141 cm³/mol. The first-order valence-corrected chi connectivity index (χ1v) is 12.5. The van der Waals surface area contributed by atoms with Crippen LogP contribution in [0, 0.1) is 6.92 Å². The average molecular weight is 483 g/mol. The van der Waals surface area contributed by atoms with E-state index >= 15 is 0 Å². The third-order valence-electron chi connectivity index (χ3n) is 5.66. The number of hydrogen-bond donors (Lipinski definition) is 1. The summed E-state index contributed by atoms with van der Waals surface area (Å²) in [5, 5.41) is 3.84. The maximum atomic E-state index is 12.6. The molecule has 0 saturated heterocycles. The van der Waals surface area contributed by atoms with E-state index in [9.17, 15) is 4.79 Å². The van der Waals surface area contributed by atoms with Gasteiger partial charge in [0, 0.05) is 11.3 Å². The molecule has 2 aromatic heterocycles. The van der Waals surface area contributed by atoms with Gasteiger partial charge in [0.1, 0.15) is 23.1 Å². The van der Waals surface area contributed by atoms with Crippen LogP contribution < -0.4 is 10.1 Å². The number of benzene rings is 3. The summed E-state index contributed by atoms with van der Waals surface area (Å²) in [4.78, 5) is 17.4. The van der Waals surface area contributed by atoms with E-state index in [4.69, 9.17) is 14.1 Å². The molecule has 1 amide bonds. The molecule has 0 saturated carbocycles. The first-order valence-electron chi connectivity index (χ1n) is 11.7. The number of carbonyl (C=O) groups excluding carboxylic acids is 1. The number of rotatable bonds is 8. The zero-order chi connectivity index (χ0) is 24.2. The van der Waals surface area contributed by atoms with E-state index in [1.807, 2.05) is 42.5 Å². The molecule has 0 spiro atoms. The fourth-order valence-corrected chi connectivity index (χ4v) is 4.89. The molecule has 0 unspecified atom stereocenters. The van der Waals surface area contributed by atoms with Crippen LogP contribution in [0.25, 0.3) is 20.8 Å². The molecule has 0 atom stereocenters. The van der Waals surface area contributed by atoms with Crippen molar-refractivity contribution in [1.82, 2.24) is 4.98 Å². The van der Waals surface area contributed by atoms with E-state index in [0.29, 0.717) is 11.4 Å². The molecule has 5 rings (SSSR count). The first-order chi connectivity index (χ1) is 17.1. The maximum Gasteiger partial charge on any atom is 0.291 e. The molecule has 35 heavy (non-hydrogen) atoms. The molecule has 5 aromatic rings. The lowest BCUT2D eigenvalue weighted by molar-refractivity contribution is 0.0992. The van der Waals surface area contributed by atoms with Gasteiger partial charge in [-0.05, 0) is 85.1 Å². The number of aromatic nitrogens is 1. The molecule has 5 nitrogen and oxygen atoms in total. The van der Waals surface area contributed by atoms with E-state index in [1.54, 1.807) is 23.5 Å². The highest BCUT2D eigenvalue weighted by atomic mass is 32.1. The van der Waals surface area contributed by atoms with Crippen LogP contribution in [0.3, 0.4) is 0 Å². The number of ether oxygens (including phenoxy) is 1. The number of anilines is 1. The molecule has 3 aromatic carbocycles. The Morgan fingerprint density at radius 2 is 1.80 bits per heavy atom. The molecule has 2 heterocycles. The Balaban J connectivity index is 1.19. The van der Waals surface area contributed by atoms with Crippen LogP contribution in [0.4, 0.5) is 5.69 Å². The van der Waals surface area contributed by atoms with E-state index in [0.717, 1.165) is 34.7 Å². The van der Waals surface area contributed by atoms with Crippen molar-refractivity contribution >= 4 is 33.1 Å². The average Bonchev–Trinajstić information content (AvgIpc) is 3.51. The Kier molecular flexibility index (Phi) is 6.64. The van der Waals surface area contributed by atoms with Crippen molar-refractivity contribution in [2.45, 2.75) is 33.3 Å². The van der Waals surface area contributed by atoms with Crippen LogP contribution in [0.5, 0.6) is 5.75 Å². The second kappa shape index (κ2) is 10.2. The van der Waals surface area contributed by atoms with Gasteiger partial charge in [-0.15, -0.1) is 11.3 Å². The highest BCUT2D eigenvalue weighted by Gasteiger charge is 2.13. The second-order valence-electron chi connectivity index (χ2n) is 8.47. The Labute approximate surface area is 208 Å². The molecular formula is C29H26N2O3S. The number of aryl methyl sites for hydroxylation is 2. The van der Waals surface area contributed by atoms with E-state index in [2.05, 4.69) is 43.4 Å². The Hall–Kier alpha value is -3.90. The number of carbonyl (C=O) groups is 1. The van der Waals surface area contributed by atoms with Gasteiger partial charge in [-0.3, -0.25) is 4.79 Å². The number of nitrogens with zero attached hydrogens (tertiary/aromatic N) is 1. The van der Waals surface area contributed by atoms with Gasteiger partial charge in [0.2, 0.25) is 0 Å². The van der Waals surface area contributed by atoms with Crippen molar-refractivity contribution in [3.63, 3.8) is 0 Å². The van der Waals surface area contributed by atoms with Crippen molar-refractivity contribution in [3.05, 3.63) is 102 Å². The zero-order valence-electron chi connectivity index (χ0n) is 19.7. The quantitative estimate of drug-likeness (QED) is 0.247. The summed E-state index contributed by atoms with van der Waals surface area (Å²) in [5.41, 5.74) is 5.22. The smallest absolute Gasteiger partial charge is 0.291 e. The lowest BCUT2D eigenvalue weighted by atomic mass is 10.1. The Morgan fingerprint density at radius 3 is 2.57 bits per heavy atom. The van der Waals surface area contributed by atoms with Crippen molar-refractivity contribution in [2.24, 2.45) is 0 Å². The number of thiazole rings is 1. The summed E-state index contributed by atoms with van der Waals surface area (Å²) in [6.45, 7) is 4.50. The minimum Gasteiger partial charge on any atom is -0.486 e. The third kappa shape index (κ3) is 5.44. The van der Waals surface area contributed by atoms with Gasteiger partial charge in [-0.1, -0.05) is 31.5 Å². The lowest BCUT2D eigenvalue weighted by Crippen LogP contribution is -2.10. The maximum absolute atomic E-state index is 12.6. The number of nitrogens with one attached hydrogen (secondary N) is 1. The molecule has 0 aliphatic carbocycles. The molecule has 0 fully saturated rings. The summed E-state index contributed by atoms with van der Waals surface area (Å²) in [7, 11) is 0. The van der Waals surface area contributed by atoms with Gasteiger partial charge >= 0.3 is 0 Å². The fourth-order valence-electron chi connectivity index (χ4n) is 3.82. The van der Waals surface area contributed by atoms with Gasteiger partial charge < -0.3 is 14.5 Å². The van der Waals surface area contributed by atoms with Gasteiger partial charge in [0.15, 0.2) is 5.76 Å². The topological polar surface area (TPSA) is 64.4 Å². The highest BCUT2D eigenvalue weighted by molar-refractivity contribution is 7.21. The monoisotopic (exact) mass is 482 g/mol.